The highest BCUT2D eigenvalue weighted by Gasteiger charge is 2.26. The van der Waals surface area contributed by atoms with Crippen LogP contribution in [0, 0.1) is 4.91 Å². The fourth-order valence-electron chi connectivity index (χ4n) is 1.59. The van der Waals surface area contributed by atoms with Crippen molar-refractivity contribution in [2.24, 2.45) is 5.29 Å². The molecule has 1 saturated carbocycles. The largest absolute Gasteiger partial charge is 0.391 e. The van der Waals surface area contributed by atoms with Crippen LogP contribution in [-0.4, -0.2) is 29.3 Å². The number of rotatable bonds is 2. The molecule has 0 bridgehead atoms. The van der Waals surface area contributed by atoms with Crippen LogP contribution in [0.25, 0.3) is 0 Å². The van der Waals surface area contributed by atoms with Gasteiger partial charge in [-0.25, -0.2) is 0 Å². The lowest BCUT2D eigenvalue weighted by molar-refractivity contribution is 0.0326. The van der Waals surface area contributed by atoms with E-state index >= 15 is 0 Å². The van der Waals surface area contributed by atoms with Gasteiger partial charge in [0.1, 0.15) is 0 Å². The minimum Gasteiger partial charge on any atom is -0.391 e. The maximum absolute atomic E-state index is 10.1. The van der Waals surface area contributed by atoms with Gasteiger partial charge >= 0.3 is 0 Å². The summed E-state index contributed by atoms with van der Waals surface area (Å²) in [5.74, 6) is 0. The molecule has 2 atom stereocenters. The Morgan fingerprint density at radius 1 is 1.45 bits per heavy atom. The molecule has 2 unspecified atom stereocenters. The molecule has 11 heavy (non-hydrogen) atoms. The van der Waals surface area contributed by atoms with E-state index in [9.17, 15) is 10.0 Å². The normalized spacial score (nSPS) is 31.5. The molecule has 64 valence electrons. The van der Waals surface area contributed by atoms with Crippen molar-refractivity contribution in [3.8, 4) is 0 Å². The van der Waals surface area contributed by atoms with Crippen LogP contribution >= 0.6 is 0 Å². The Labute approximate surface area is 66.1 Å². The maximum Gasteiger partial charge on any atom is 0.0761 e. The van der Waals surface area contributed by atoms with Crippen molar-refractivity contribution in [1.82, 2.24) is 5.01 Å². The fraction of sp³-hybridized carbons (Fsp3) is 1.00. The lowest BCUT2D eigenvalue weighted by Crippen LogP contribution is -2.40. The van der Waals surface area contributed by atoms with E-state index in [2.05, 4.69) is 5.29 Å². The second-order valence-corrected chi connectivity index (χ2v) is 3.07. The van der Waals surface area contributed by atoms with E-state index in [0.29, 0.717) is 0 Å². The average Bonchev–Trinajstić information content (AvgIpc) is 2.04. The molecule has 0 aromatic rings. The van der Waals surface area contributed by atoms with Crippen molar-refractivity contribution in [2.75, 3.05) is 7.05 Å². The zero-order valence-electron chi connectivity index (χ0n) is 6.73. The molecular weight excluding hydrogens is 144 g/mol. The first-order chi connectivity index (χ1) is 5.25. The molecule has 0 radical (unpaired) electrons. The van der Waals surface area contributed by atoms with Crippen molar-refractivity contribution in [2.45, 2.75) is 37.8 Å². The molecule has 0 aromatic heterocycles. The van der Waals surface area contributed by atoms with Crippen molar-refractivity contribution in [1.29, 1.82) is 0 Å². The van der Waals surface area contributed by atoms with Crippen LogP contribution in [-0.2, 0) is 0 Å². The Morgan fingerprint density at radius 3 is 2.64 bits per heavy atom. The molecule has 0 aliphatic heterocycles. The van der Waals surface area contributed by atoms with Crippen LogP contribution in [0.4, 0.5) is 0 Å². The molecule has 0 heterocycles. The molecule has 4 heteroatoms. The summed E-state index contributed by atoms with van der Waals surface area (Å²) in [5, 5.41) is 13.5. The summed E-state index contributed by atoms with van der Waals surface area (Å²) >= 11 is 0. The van der Waals surface area contributed by atoms with Gasteiger partial charge in [-0.05, 0) is 12.8 Å². The molecule has 1 N–H and O–H groups in total. The van der Waals surface area contributed by atoms with Crippen LogP contribution in [0.15, 0.2) is 5.29 Å². The first-order valence-electron chi connectivity index (χ1n) is 4.00. The predicted molar refractivity (Wildman–Crippen MR) is 41.8 cm³/mol. The molecule has 4 nitrogen and oxygen atoms in total. The van der Waals surface area contributed by atoms with Crippen LogP contribution in [0.5, 0.6) is 0 Å². The summed E-state index contributed by atoms with van der Waals surface area (Å²) in [6.45, 7) is 0. The Balaban J connectivity index is 2.46. The first kappa shape index (κ1) is 8.46. The quantitative estimate of drug-likeness (QED) is 0.480. The maximum atomic E-state index is 10.1. The topological polar surface area (TPSA) is 52.9 Å². The van der Waals surface area contributed by atoms with E-state index in [1.54, 1.807) is 7.05 Å². The standard InChI is InChI=1S/C7H14N2O2/c1-9(8-11)6-4-2-3-5-7(6)10/h6-7,10H,2-5H2,1H3. The van der Waals surface area contributed by atoms with Gasteiger partial charge in [-0.15, -0.1) is 4.91 Å². The molecule has 1 aliphatic rings. The van der Waals surface area contributed by atoms with Gasteiger partial charge in [0.25, 0.3) is 0 Å². The molecule has 0 aromatic carbocycles. The molecule has 0 amide bonds. The number of aliphatic hydroxyl groups excluding tert-OH is 1. The summed E-state index contributed by atoms with van der Waals surface area (Å²) in [4.78, 5) is 10.1. The highest BCUT2D eigenvalue weighted by molar-refractivity contribution is 4.79. The Kier molecular flexibility index (Phi) is 2.82. The van der Waals surface area contributed by atoms with Gasteiger partial charge in [0.05, 0.1) is 17.4 Å². The minimum atomic E-state index is -0.369. The number of nitroso groups, excluding NO2 is 1. The zero-order valence-corrected chi connectivity index (χ0v) is 6.73. The number of nitrogens with zero attached hydrogens (tertiary/aromatic N) is 2. The predicted octanol–water partition coefficient (Wildman–Crippen LogP) is 0.903. The molecular formula is C7H14N2O2. The highest BCUT2D eigenvalue weighted by Crippen LogP contribution is 2.22. The monoisotopic (exact) mass is 158 g/mol. The van der Waals surface area contributed by atoms with Gasteiger partial charge in [-0.2, -0.15) is 0 Å². The highest BCUT2D eigenvalue weighted by atomic mass is 16.3. The van der Waals surface area contributed by atoms with E-state index < -0.39 is 0 Å². The Morgan fingerprint density at radius 2 is 2.09 bits per heavy atom. The van der Waals surface area contributed by atoms with Crippen LogP contribution in [0.1, 0.15) is 25.7 Å². The van der Waals surface area contributed by atoms with Gasteiger partial charge in [0.2, 0.25) is 0 Å². The molecule has 1 aliphatic carbocycles. The lowest BCUT2D eigenvalue weighted by Gasteiger charge is -2.31. The van der Waals surface area contributed by atoms with Gasteiger partial charge in [-0.3, -0.25) is 5.01 Å². The second kappa shape index (κ2) is 3.67. The van der Waals surface area contributed by atoms with Crippen LogP contribution < -0.4 is 0 Å². The van der Waals surface area contributed by atoms with E-state index in [1.807, 2.05) is 0 Å². The van der Waals surface area contributed by atoms with Gasteiger partial charge in [-0.1, -0.05) is 12.8 Å². The minimum absolute atomic E-state index is 0.0544. The van der Waals surface area contributed by atoms with Crippen LogP contribution in [0.2, 0.25) is 0 Å². The summed E-state index contributed by atoms with van der Waals surface area (Å²) < 4.78 is 0. The van der Waals surface area contributed by atoms with Gasteiger partial charge < -0.3 is 5.11 Å². The fourth-order valence-corrected chi connectivity index (χ4v) is 1.59. The Bertz CT molecular complexity index is 140. The van der Waals surface area contributed by atoms with Gasteiger partial charge in [0.15, 0.2) is 0 Å². The summed E-state index contributed by atoms with van der Waals surface area (Å²) in [7, 11) is 1.62. The third-order valence-electron chi connectivity index (χ3n) is 2.30. The third-order valence-corrected chi connectivity index (χ3v) is 2.30. The first-order valence-corrected chi connectivity index (χ1v) is 4.00. The van der Waals surface area contributed by atoms with E-state index in [1.165, 1.54) is 5.01 Å². The van der Waals surface area contributed by atoms with E-state index in [0.717, 1.165) is 25.7 Å². The van der Waals surface area contributed by atoms with Crippen molar-refractivity contribution >= 4 is 0 Å². The lowest BCUT2D eigenvalue weighted by atomic mass is 9.92. The average molecular weight is 158 g/mol. The van der Waals surface area contributed by atoms with E-state index in [-0.39, 0.29) is 12.1 Å². The Hall–Kier alpha value is -0.640. The van der Waals surface area contributed by atoms with Gasteiger partial charge in [0, 0.05) is 7.05 Å². The SMILES string of the molecule is CN(N=O)C1CCCCC1O. The number of likely N-dealkylation sites (N-methyl/N-ethyl adjacent to an activating group) is 1. The van der Waals surface area contributed by atoms with Crippen LogP contribution in [0.3, 0.4) is 0 Å². The summed E-state index contributed by atoms with van der Waals surface area (Å²) in [6, 6.07) is -0.0544. The third kappa shape index (κ3) is 1.89. The summed E-state index contributed by atoms with van der Waals surface area (Å²) in [5.41, 5.74) is 0. The van der Waals surface area contributed by atoms with Crippen molar-refractivity contribution in [3.63, 3.8) is 0 Å². The van der Waals surface area contributed by atoms with Crippen molar-refractivity contribution < 1.29 is 5.11 Å². The number of hydrogen-bond donors (Lipinski definition) is 1. The van der Waals surface area contributed by atoms with Crippen molar-refractivity contribution in [3.05, 3.63) is 4.91 Å². The molecule has 0 spiro atoms. The second-order valence-electron chi connectivity index (χ2n) is 3.07. The molecule has 1 rings (SSSR count). The smallest absolute Gasteiger partial charge is 0.0761 e. The summed E-state index contributed by atoms with van der Waals surface area (Å²) in [6.07, 6.45) is 3.45. The van der Waals surface area contributed by atoms with E-state index in [4.69, 9.17) is 0 Å². The molecule has 0 saturated heterocycles. The molecule has 1 fully saturated rings. The number of hydrogen-bond acceptors (Lipinski definition) is 3. The number of aliphatic hydroxyl groups is 1. The zero-order chi connectivity index (χ0) is 8.27.